The van der Waals surface area contributed by atoms with Gasteiger partial charge in [-0.1, -0.05) is 12.1 Å². The van der Waals surface area contributed by atoms with Gasteiger partial charge in [0.15, 0.2) is 0 Å². The molecule has 0 amide bonds. The Labute approximate surface area is 87.3 Å². The van der Waals surface area contributed by atoms with Gasteiger partial charge in [-0.25, -0.2) is 0 Å². The number of anilines is 1. The van der Waals surface area contributed by atoms with Gasteiger partial charge in [0.2, 0.25) is 0 Å². The number of nitrogen functional groups attached to an aromatic ring is 1. The molecule has 1 aromatic carbocycles. The van der Waals surface area contributed by atoms with Crippen LogP contribution in [0.5, 0.6) is 0 Å². The van der Waals surface area contributed by atoms with Gasteiger partial charge in [-0.15, -0.1) is 0 Å². The van der Waals surface area contributed by atoms with E-state index in [-0.39, 0.29) is 5.56 Å². The molecule has 15 heavy (non-hydrogen) atoms. The van der Waals surface area contributed by atoms with Crippen molar-refractivity contribution in [3.05, 3.63) is 40.2 Å². The van der Waals surface area contributed by atoms with Gasteiger partial charge >= 0.3 is 0 Å². The summed E-state index contributed by atoms with van der Waals surface area (Å²) in [6.07, 6.45) is 0. The molecular weight excluding hydrogens is 190 g/mol. The Kier molecular flexibility index (Phi) is 2.11. The average Bonchev–Trinajstić information content (AvgIpc) is 2.46. The topological polar surface area (TPSA) is 63.8 Å². The zero-order valence-corrected chi connectivity index (χ0v) is 8.74. The molecule has 4 heteroatoms. The van der Waals surface area contributed by atoms with Crippen molar-refractivity contribution in [2.75, 3.05) is 5.73 Å². The maximum Gasteiger partial charge on any atom is 0.269 e. The molecule has 3 N–H and O–H groups in total. The summed E-state index contributed by atoms with van der Waals surface area (Å²) in [7, 11) is 1.70. The van der Waals surface area contributed by atoms with Gasteiger partial charge in [-0.3, -0.25) is 14.6 Å². The number of nitrogens with one attached hydrogen (secondary N) is 1. The second-order valence-electron chi connectivity index (χ2n) is 3.60. The lowest BCUT2D eigenvalue weighted by molar-refractivity contribution is 0.741. The Morgan fingerprint density at radius 3 is 2.67 bits per heavy atom. The third kappa shape index (κ3) is 1.54. The van der Waals surface area contributed by atoms with Crippen molar-refractivity contribution in [3.8, 4) is 11.3 Å². The molecule has 0 saturated carbocycles. The molecule has 1 aromatic heterocycles. The van der Waals surface area contributed by atoms with Crippen molar-refractivity contribution >= 4 is 5.69 Å². The third-order valence-corrected chi connectivity index (χ3v) is 2.46. The summed E-state index contributed by atoms with van der Waals surface area (Å²) in [5, 5.41) is 3.00. The van der Waals surface area contributed by atoms with Crippen molar-refractivity contribution in [2.45, 2.75) is 6.92 Å². The number of nitrogens with zero attached hydrogens (tertiary/aromatic N) is 1. The van der Waals surface area contributed by atoms with E-state index in [2.05, 4.69) is 5.10 Å². The molecule has 0 saturated heterocycles. The van der Waals surface area contributed by atoms with Gasteiger partial charge in [-0.05, 0) is 19.1 Å². The fourth-order valence-corrected chi connectivity index (χ4v) is 1.64. The summed E-state index contributed by atoms with van der Waals surface area (Å²) in [5.74, 6) is 0. The summed E-state index contributed by atoms with van der Waals surface area (Å²) in [4.78, 5) is 11.5. The molecule has 0 aliphatic rings. The summed E-state index contributed by atoms with van der Waals surface area (Å²) in [5.41, 5.74) is 8.85. The lowest BCUT2D eigenvalue weighted by Gasteiger charge is -2.00. The molecule has 78 valence electrons. The monoisotopic (exact) mass is 203 g/mol. The molecule has 4 nitrogen and oxygen atoms in total. The molecule has 0 bridgehead atoms. The number of rotatable bonds is 1. The van der Waals surface area contributed by atoms with Gasteiger partial charge in [0.05, 0.1) is 5.69 Å². The summed E-state index contributed by atoms with van der Waals surface area (Å²) in [6, 6.07) is 7.46. The van der Waals surface area contributed by atoms with Crippen molar-refractivity contribution in [3.63, 3.8) is 0 Å². The van der Waals surface area contributed by atoms with E-state index in [0.29, 0.717) is 11.3 Å². The maximum absolute atomic E-state index is 11.5. The highest BCUT2D eigenvalue weighted by molar-refractivity contribution is 5.66. The summed E-state index contributed by atoms with van der Waals surface area (Å²) >= 11 is 0. The molecule has 0 aliphatic carbocycles. The van der Waals surface area contributed by atoms with Crippen LogP contribution in [0.2, 0.25) is 0 Å². The second-order valence-corrected chi connectivity index (χ2v) is 3.60. The number of H-pyrrole nitrogens is 1. The molecule has 0 fully saturated rings. The highest BCUT2D eigenvalue weighted by Gasteiger charge is 2.09. The molecule has 0 radical (unpaired) electrons. The number of benzene rings is 1. The van der Waals surface area contributed by atoms with E-state index in [1.807, 2.05) is 24.3 Å². The standard InChI is InChI=1S/C11H13N3O/c1-7-10(13-14(2)11(7)15)8-4-3-5-9(12)6-8/h3-6,13H,12H2,1-2H3. The predicted octanol–water partition coefficient (Wildman–Crippen LogP) is 1.27. The Morgan fingerprint density at radius 1 is 1.40 bits per heavy atom. The first-order chi connectivity index (χ1) is 7.09. The first-order valence-electron chi connectivity index (χ1n) is 4.71. The molecule has 0 spiro atoms. The molecule has 2 rings (SSSR count). The summed E-state index contributed by atoms with van der Waals surface area (Å²) in [6.45, 7) is 1.80. The van der Waals surface area contributed by atoms with E-state index in [4.69, 9.17) is 5.73 Å². The third-order valence-electron chi connectivity index (χ3n) is 2.46. The van der Waals surface area contributed by atoms with Crippen LogP contribution >= 0.6 is 0 Å². The van der Waals surface area contributed by atoms with E-state index in [1.54, 1.807) is 14.0 Å². The molecule has 0 atom stereocenters. The number of aromatic amines is 1. The fourth-order valence-electron chi connectivity index (χ4n) is 1.64. The Morgan fingerprint density at radius 2 is 2.13 bits per heavy atom. The fraction of sp³-hybridized carbons (Fsp3) is 0.182. The average molecular weight is 203 g/mol. The van der Waals surface area contributed by atoms with Crippen LogP contribution in [0.3, 0.4) is 0 Å². The maximum atomic E-state index is 11.5. The lowest BCUT2D eigenvalue weighted by atomic mass is 10.1. The first-order valence-corrected chi connectivity index (χ1v) is 4.71. The van der Waals surface area contributed by atoms with Crippen LogP contribution in [-0.2, 0) is 7.05 Å². The molecule has 0 aliphatic heterocycles. The predicted molar refractivity (Wildman–Crippen MR) is 60.6 cm³/mol. The number of hydrogen-bond donors (Lipinski definition) is 2. The van der Waals surface area contributed by atoms with Crippen LogP contribution in [0, 0.1) is 6.92 Å². The van der Waals surface area contributed by atoms with Gasteiger partial charge in [0, 0.05) is 23.9 Å². The van der Waals surface area contributed by atoms with Crippen molar-refractivity contribution in [2.24, 2.45) is 7.05 Å². The SMILES string of the molecule is Cc1c(-c2cccc(N)c2)[nH]n(C)c1=O. The second kappa shape index (κ2) is 3.31. The zero-order valence-electron chi connectivity index (χ0n) is 8.74. The molecule has 2 aromatic rings. The van der Waals surface area contributed by atoms with E-state index in [1.165, 1.54) is 4.68 Å². The minimum atomic E-state index is -0.00701. The van der Waals surface area contributed by atoms with Crippen molar-refractivity contribution in [1.29, 1.82) is 0 Å². The first kappa shape index (κ1) is 9.58. The van der Waals surface area contributed by atoms with Crippen LogP contribution in [-0.4, -0.2) is 9.78 Å². The molecular formula is C11H13N3O. The minimum absolute atomic E-state index is 0.00701. The highest BCUT2D eigenvalue weighted by atomic mass is 16.1. The number of aromatic nitrogens is 2. The van der Waals surface area contributed by atoms with Gasteiger partial charge in [-0.2, -0.15) is 0 Å². The number of aryl methyl sites for hydroxylation is 1. The number of nitrogens with two attached hydrogens (primary N) is 1. The van der Waals surface area contributed by atoms with Crippen LogP contribution in [0.1, 0.15) is 5.56 Å². The Bertz CT molecular complexity index is 551. The van der Waals surface area contributed by atoms with E-state index in [0.717, 1.165) is 11.3 Å². The van der Waals surface area contributed by atoms with E-state index in [9.17, 15) is 4.79 Å². The Balaban J connectivity index is 2.64. The zero-order chi connectivity index (χ0) is 11.0. The normalized spacial score (nSPS) is 10.5. The van der Waals surface area contributed by atoms with Crippen LogP contribution in [0.15, 0.2) is 29.1 Å². The van der Waals surface area contributed by atoms with Crippen LogP contribution in [0.4, 0.5) is 5.69 Å². The highest BCUT2D eigenvalue weighted by Crippen LogP contribution is 2.20. The lowest BCUT2D eigenvalue weighted by Crippen LogP contribution is -2.12. The van der Waals surface area contributed by atoms with E-state index >= 15 is 0 Å². The quantitative estimate of drug-likeness (QED) is 0.685. The van der Waals surface area contributed by atoms with Gasteiger partial charge in [0.25, 0.3) is 5.56 Å². The van der Waals surface area contributed by atoms with Crippen molar-refractivity contribution in [1.82, 2.24) is 9.78 Å². The van der Waals surface area contributed by atoms with Crippen molar-refractivity contribution < 1.29 is 0 Å². The minimum Gasteiger partial charge on any atom is -0.399 e. The number of hydrogen-bond acceptors (Lipinski definition) is 2. The Hall–Kier alpha value is -1.97. The smallest absolute Gasteiger partial charge is 0.269 e. The van der Waals surface area contributed by atoms with Gasteiger partial charge < -0.3 is 5.73 Å². The van der Waals surface area contributed by atoms with Crippen LogP contribution < -0.4 is 11.3 Å². The summed E-state index contributed by atoms with van der Waals surface area (Å²) < 4.78 is 1.47. The molecule has 0 unspecified atom stereocenters. The van der Waals surface area contributed by atoms with Crippen LogP contribution in [0.25, 0.3) is 11.3 Å². The largest absolute Gasteiger partial charge is 0.399 e. The van der Waals surface area contributed by atoms with Gasteiger partial charge in [0.1, 0.15) is 0 Å². The van der Waals surface area contributed by atoms with E-state index < -0.39 is 0 Å². The molecule has 1 heterocycles.